The highest BCUT2D eigenvalue weighted by Crippen LogP contribution is 2.21. The Labute approximate surface area is 93.4 Å². The number of esters is 1. The van der Waals surface area contributed by atoms with E-state index in [-0.39, 0.29) is 18.6 Å². The van der Waals surface area contributed by atoms with E-state index in [4.69, 9.17) is 4.74 Å². The van der Waals surface area contributed by atoms with Crippen LogP contribution < -0.4 is 5.32 Å². The number of carbonyl (C=O) groups excluding carboxylic acids is 1. The fourth-order valence-electron chi connectivity index (χ4n) is 1.77. The van der Waals surface area contributed by atoms with Gasteiger partial charge < -0.3 is 10.1 Å². The average molecular weight is 225 g/mol. The van der Waals surface area contributed by atoms with Gasteiger partial charge in [0.1, 0.15) is 12.6 Å². The van der Waals surface area contributed by atoms with Crippen molar-refractivity contribution in [2.45, 2.75) is 31.8 Å². The Hall–Kier alpha value is -1.03. The van der Waals surface area contributed by atoms with Gasteiger partial charge in [0, 0.05) is 0 Å². The first-order valence-corrected chi connectivity index (χ1v) is 6.19. The van der Waals surface area contributed by atoms with Gasteiger partial charge in [-0.1, -0.05) is 0 Å². The third-order valence-corrected chi connectivity index (χ3v) is 3.36. The fourth-order valence-corrected chi connectivity index (χ4v) is 2.39. The van der Waals surface area contributed by atoms with Crippen LogP contribution in [0.1, 0.15) is 25.7 Å². The molecule has 0 aromatic carbocycles. The Bertz CT molecular complexity index is 304. The Morgan fingerprint density at radius 2 is 2.33 bits per heavy atom. The SMILES string of the molecule is O=C(CNc1cccs1)OC1CCCC1. The van der Waals surface area contributed by atoms with Crippen molar-refractivity contribution in [1.29, 1.82) is 0 Å². The van der Waals surface area contributed by atoms with Crippen molar-refractivity contribution in [3.05, 3.63) is 17.5 Å². The largest absolute Gasteiger partial charge is 0.461 e. The number of thiophene rings is 1. The third kappa shape index (κ3) is 3.23. The molecule has 1 fully saturated rings. The van der Waals surface area contributed by atoms with Crippen molar-refractivity contribution >= 4 is 22.3 Å². The predicted octanol–water partition coefficient (Wildman–Crippen LogP) is 2.65. The molecule has 82 valence electrons. The number of nitrogens with one attached hydrogen (secondary N) is 1. The van der Waals surface area contributed by atoms with Crippen LogP contribution in [0, 0.1) is 0 Å². The number of ether oxygens (including phenoxy) is 1. The van der Waals surface area contributed by atoms with E-state index >= 15 is 0 Å². The molecule has 1 heterocycles. The average Bonchev–Trinajstić information content (AvgIpc) is 2.86. The zero-order valence-corrected chi connectivity index (χ0v) is 9.39. The van der Waals surface area contributed by atoms with Crippen molar-refractivity contribution in [3.8, 4) is 0 Å². The van der Waals surface area contributed by atoms with E-state index in [0.717, 1.165) is 17.8 Å². The van der Waals surface area contributed by atoms with Gasteiger partial charge in [0.15, 0.2) is 0 Å². The number of anilines is 1. The molecule has 1 aromatic rings. The number of rotatable bonds is 4. The highest BCUT2D eigenvalue weighted by atomic mass is 32.1. The van der Waals surface area contributed by atoms with Crippen molar-refractivity contribution in [1.82, 2.24) is 0 Å². The van der Waals surface area contributed by atoms with Crippen LogP contribution in [0.5, 0.6) is 0 Å². The second-order valence-electron chi connectivity index (χ2n) is 3.73. The second-order valence-corrected chi connectivity index (χ2v) is 4.67. The molecule has 15 heavy (non-hydrogen) atoms. The molecule has 1 aliphatic carbocycles. The fraction of sp³-hybridized carbons (Fsp3) is 0.545. The monoisotopic (exact) mass is 225 g/mol. The Balaban J connectivity index is 1.68. The van der Waals surface area contributed by atoms with Crippen LogP contribution in [0.4, 0.5) is 5.00 Å². The van der Waals surface area contributed by atoms with E-state index in [1.165, 1.54) is 12.8 Å². The zero-order valence-electron chi connectivity index (χ0n) is 8.57. The lowest BCUT2D eigenvalue weighted by Crippen LogP contribution is -2.21. The summed E-state index contributed by atoms with van der Waals surface area (Å²) in [6, 6.07) is 3.91. The van der Waals surface area contributed by atoms with Gasteiger partial charge in [0.25, 0.3) is 0 Å². The quantitative estimate of drug-likeness (QED) is 0.801. The molecule has 0 radical (unpaired) electrons. The molecular weight excluding hydrogens is 210 g/mol. The normalized spacial score (nSPS) is 16.5. The third-order valence-electron chi connectivity index (χ3n) is 2.53. The minimum Gasteiger partial charge on any atom is -0.461 e. The molecule has 0 unspecified atom stereocenters. The van der Waals surface area contributed by atoms with Crippen LogP contribution in [-0.2, 0) is 9.53 Å². The lowest BCUT2D eigenvalue weighted by molar-refractivity contribution is -0.146. The molecule has 1 aliphatic rings. The lowest BCUT2D eigenvalue weighted by atomic mass is 10.3. The summed E-state index contributed by atoms with van der Waals surface area (Å²) in [4.78, 5) is 11.4. The van der Waals surface area contributed by atoms with E-state index in [9.17, 15) is 4.79 Å². The van der Waals surface area contributed by atoms with Gasteiger partial charge in [0.05, 0.1) is 5.00 Å². The molecule has 1 N–H and O–H groups in total. The van der Waals surface area contributed by atoms with Gasteiger partial charge in [-0.2, -0.15) is 0 Å². The van der Waals surface area contributed by atoms with Crippen LogP contribution in [0.2, 0.25) is 0 Å². The highest BCUT2D eigenvalue weighted by molar-refractivity contribution is 7.14. The van der Waals surface area contributed by atoms with Gasteiger partial charge >= 0.3 is 5.97 Å². The summed E-state index contributed by atoms with van der Waals surface area (Å²) in [6.07, 6.45) is 4.62. The van der Waals surface area contributed by atoms with E-state index < -0.39 is 0 Å². The molecule has 0 saturated heterocycles. The molecule has 1 saturated carbocycles. The van der Waals surface area contributed by atoms with E-state index in [1.807, 2.05) is 17.5 Å². The second kappa shape index (κ2) is 5.16. The van der Waals surface area contributed by atoms with Crippen LogP contribution >= 0.6 is 11.3 Å². The highest BCUT2D eigenvalue weighted by Gasteiger charge is 2.18. The maximum Gasteiger partial charge on any atom is 0.325 e. The van der Waals surface area contributed by atoms with Crippen LogP contribution in [0.25, 0.3) is 0 Å². The molecule has 0 aliphatic heterocycles. The first-order valence-electron chi connectivity index (χ1n) is 5.31. The molecule has 1 aromatic heterocycles. The predicted molar refractivity (Wildman–Crippen MR) is 61.2 cm³/mol. The van der Waals surface area contributed by atoms with E-state index in [1.54, 1.807) is 11.3 Å². The van der Waals surface area contributed by atoms with Gasteiger partial charge in [-0.25, -0.2) is 0 Å². The van der Waals surface area contributed by atoms with Gasteiger partial charge in [0.2, 0.25) is 0 Å². The van der Waals surface area contributed by atoms with Crippen molar-refractivity contribution in [2.75, 3.05) is 11.9 Å². The molecule has 4 heteroatoms. The minimum atomic E-state index is -0.143. The number of carbonyl (C=O) groups is 1. The maximum absolute atomic E-state index is 11.4. The summed E-state index contributed by atoms with van der Waals surface area (Å²) in [5.41, 5.74) is 0. The zero-order chi connectivity index (χ0) is 10.5. The molecule has 0 atom stereocenters. The summed E-state index contributed by atoms with van der Waals surface area (Å²) >= 11 is 1.59. The summed E-state index contributed by atoms with van der Waals surface area (Å²) in [5, 5.41) is 6.03. The summed E-state index contributed by atoms with van der Waals surface area (Å²) in [7, 11) is 0. The molecule has 0 bridgehead atoms. The first kappa shape index (κ1) is 10.5. The standard InChI is InChI=1S/C11H15NO2S/c13-11(14-9-4-1-2-5-9)8-12-10-6-3-7-15-10/h3,6-7,9,12H,1-2,4-5,8H2. The number of hydrogen-bond acceptors (Lipinski definition) is 4. The minimum absolute atomic E-state index is 0.143. The maximum atomic E-state index is 11.4. The van der Waals surface area contributed by atoms with Gasteiger partial charge in [-0.3, -0.25) is 4.79 Å². The topological polar surface area (TPSA) is 38.3 Å². The Morgan fingerprint density at radius 3 is 3.00 bits per heavy atom. The lowest BCUT2D eigenvalue weighted by Gasteiger charge is -2.11. The van der Waals surface area contributed by atoms with E-state index in [0.29, 0.717) is 0 Å². The Kier molecular flexibility index (Phi) is 3.61. The van der Waals surface area contributed by atoms with Gasteiger partial charge in [-0.15, -0.1) is 11.3 Å². The van der Waals surface area contributed by atoms with Crippen LogP contribution in [-0.4, -0.2) is 18.6 Å². The van der Waals surface area contributed by atoms with Crippen molar-refractivity contribution < 1.29 is 9.53 Å². The van der Waals surface area contributed by atoms with Crippen molar-refractivity contribution in [2.24, 2.45) is 0 Å². The summed E-state index contributed by atoms with van der Waals surface area (Å²) in [5.74, 6) is -0.143. The van der Waals surface area contributed by atoms with Gasteiger partial charge in [-0.05, 0) is 43.2 Å². The first-order chi connectivity index (χ1) is 7.34. The van der Waals surface area contributed by atoms with E-state index in [2.05, 4.69) is 5.32 Å². The van der Waals surface area contributed by atoms with Crippen LogP contribution in [0.3, 0.4) is 0 Å². The molecular formula is C11H15NO2S. The molecule has 2 rings (SSSR count). The number of hydrogen-bond donors (Lipinski definition) is 1. The van der Waals surface area contributed by atoms with Crippen LogP contribution in [0.15, 0.2) is 17.5 Å². The summed E-state index contributed by atoms with van der Waals surface area (Å²) < 4.78 is 5.31. The van der Waals surface area contributed by atoms with Crippen molar-refractivity contribution in [3.63, 3.8) is 0 Å². The summed E-state index contributed by atoms with van der Waals surface area (Å²) in [6.45, 7) is 0.275. The molecule has 0 amide bonds. The molecule has 3 nitrogen and oxygen atoms in total. The smallest absolute Gasteiger partial charge is 0.325 e. The molecule has 0 spiro atoms. The Morgan fingerprint density at radius 1 is 1.53 bits per heavy atom.